The molecule has 4 heteroatoms. The summed E-state index contributed by atoms with van der Waals surface area (Å²) in [5.41, 5.74) is 0. The number of ether oxygens (including phenoxy) is 1. The Labute approximate surface area is 83.7 Å². The summed E-state index contributed by atoms with van der Waals surface area (Å²) >= 11 is 0. The molecule has 0 aliphatic heterocycles. The molecule has 2 unspecified atom stereocenters. The Bertz CT molecular complexity index is 151. The zero-order valence-corrected chi connectivity index (χ0v) is 9.82. The second-order valence-electron chi connectivity index (χ2n) is 3.51. The van der Waals surface area contributed by atoms with Crippen LogP contribution < -0.4 is 5.32 Å². The fraction of sp³-hybridized carbons (Fsp3) is 1.00. The van der Waals surface area contributed by atoms with Crippen LogP contribution in [0.25, 0.3) is 0 Å². The molecule has 0 heterocycles. The zero-order chi connectivity index (χ0) is 10.3. The predicted octanol–water partition coefficient (Wildman–Crippen LogP) is 0.768. The van der Waals surface area contributed by atoms with Crippen molar-refractivity contribution in [2.75, 3.05) is 25.2 Å². The van der Waals surface area contributed by atoms with Crippen LogP contribution in [0.1, 0.15) is 20.8 Å². The summed E-state index contributed by atoms with van der Waals surface area (Å²) in [6.07, 6.45) is 2.01. The van der Waals surface area contributed by atoms with Gasteiger partial charge in [-0.2, -0.15) is 0 Å². The first kappa shape index (κ1) is 13.1. The van der Waals surface area contributed by atoms with E-state index < -0.39 is 10.8 Å². The summed E-state index contributed by atoms with van der Waals surface area (Å²) in [6.45, 7) is 7.63. The van der Waals surface area contributed by atoms with Crippen molar-refractivity contribution in [3.8, 4) is 0 Å². The van der Waals surface area contributed by atoms with Crippen LogP contribution in [0.5, 0.6) is 0 Å². The largest absolute Gasteiger partial charge is 0.377 e. The van der Waals surface area contributed by atoms with Gasteiger partial charge in [-0.1, -0.05) is 0 Å². The van der Waals surface area contributed by atoms with Crippen LogP contribution in [0, 0.1) is 0 Å². The molecule has 0 radical (unpaired) electrons. The highest BCUT2D eigenvalue weighted by atomic mass is 32.2. The fourth-order valence-corrected chi connectivity index (χ4v) is 1.83. The molecule has 0 saturated carbocycles. The van der Waals surface area contributed by atoms with Gasteiger partial charge in [-0.25, -0.2) is 0 Å². The molecule has 0 spiro atoms. The van der Waals surface area contributed by atoms with Gasteiger partial charge in [-0.05, 0) is 20.8 Å². The monoisotopic (exact) mass is 207 g/mol. The van der Waals surface area contributed by atoms with Crippen molar-refractivity contribution in [1.82, 2.24) is 5.32 Å². The van der Waals surface area contributed by atoms with Gasteiger partial charge >= 0.3 is 0 Å². The second kappa shape index (κ2) is 7.47. The second-order valence-corrected chi connectivity index (χ2v) is 4.99. The highest BCUT2D eigenvalue weighted by Gasteiger charge is 2.02. The lowest BCUT2D eigenvalue weighted by Gasteiger charge is -2.13. The minimum absolute atomic E-state index is 0.289. The van der Waals surface area contributed by atoms with E-state index in [1.165, 1.54) is 0 Å². The van der Waals surface area contributed by atoms with Crippen LogP contribution in [0.15, 0.2) is 0 Å². The normalized spacial score (nSPS) is 16.1. The minimum atomic E-state index is -0.713. The molecule has 0 aromatic rings. The van der Waals surface area contributed by atoms with Crippen molar-refractivity contribution in [2.45, 2.75) is 32.9 Å². The highest BCUT2D eigenvalue weighted by Crippen LogP contribution is 1.88. The van der Waals surface area contributed by atoms with E-state index in [4.69, 9.17) is 4.74 Å². The van der Waals surface area contributed by atoms with E-state index in [1.54, 1.807) is 6.26 Å². The van der Waals surface area contributed by atoms with E-state index in [0.29, 0.717) is 11.8 Å². The van der Waals surface area contributed by atoms with Crippen molar-refractivity contribution in [2.24, 2.45) is 0 Å². The van der Waals surface area contributed by atoms with Gasteiger partial charge in [-0.3, -0.25) is 4.21 Å². The quantitative estimate of drug-likeness (QED) is 0.627. The van der Waals surface area contributed by atoms with Gasteiger partial charge in [0.25, 0.3) is 0 Å². The van der Waals surface area contributed by atoms with E-state index in [2.05, 4.69) is 5.32 Å². The first-order valence-electron chi connectivity index (χ1n) is 4.67. The van der Waals surface area contributed by atoms with Gasteiger partial charge in [0.15, 0.2) is 0 Å². The molecule has 13 heavy (non-hydrogen) atoms. The molecule has 0 aliphatic rings. The molecule has 0 fully saturated rings. The minimum Gasteiger partial charge on any atom is -0.377 e. The standard InChI is InChI=1S/C9H21NO2S/c1-8(2)12-6-5-10-9(3)7-13(4)11/h8-10H,5-7H2,1-4H3. The first-order valence-corrected chi connectivity index (χ1v) is 6.40. The number of rotatable bonds is 7. The average Bonchev–Trinajstić information content (AvgIpc) is 1.96. The molecule has 0 aromatic carbocycles. The van der Waals surface area contributed by atoms with E-state index in [-0.39, 0.29) is 6.10 Å². The van der Waals surface area contributed by atoms with Gasteiger partial charge in [0.1, 0.15) is 0 Å². The lowest BCUT2D eigenvalue weighted by molar-refractivity contribution is 0.0799. The van der Waals surface area contributed by atoms with E-state index in [0.717, 1.165) is 13.2 Å². The molecule has 0 aliphatic carbocycles. The Morgan fingerprint density at radius 2 is 2.00 bits per heavy atom. The van der Waals surface area contributed by atoms with Crippen molar-refractivity contribution in [3.63, 3.8) is 0 Å². The Balaban J connectivity index is 3.26. The maximum absolute atomic E-state index is 10.8. The van der Waals surface area contributed by atoms with E-state index >= 15 is 0 Å². The molecule has 0 aromatic heterocycles. The maximum Gasteiger partial charge on any atom is 0.0594 e. The molecule has 0 saturated heterocycles. The van der Waals surface area contributed by atoms with Crippen LogP contribution in [-0.2, 0) is 15.5 Å². The van der Waals surface area contributed by atoms with Crippen LogP contribution >= 0.6 is 0 Å². The SMILES string of the molecule is CC(CS(C)=O)NCCOC(C)C. The van der Waals surface area contributed by atoms with Crippen LogP contribution in [0.3, 0.4) is 0 Å². The third-order valence-electron chi connectivity index (χ3n) is 1.53. The number of nitrogens with one attached hydrogen (secondary N) is 1. The molecule has 0 bridgehead atoms. The third kappa shape index (κ3) is 9.99. The fourth-order valence-electron chi connectivity index (χ4n) is 1.01. The summed E-state index contributed by atoms with van der Waals surface area (Å²) in [5.74, 6) is 0.710. The Kier molecular flexibility index (Phi) is 7.51. The molecule has 0 rings (SSSR count). The Hall–Kier alpha value is 0.0700. The summed E-state index contributed by atoms with van der Waals surface area (Å²) in [5, 5.41) is 3.25. The zero-order valence-electron chi connectivity index (χ0n) is 9.00. The van der Waals surface area contributed by atoms with Gasteiger partial charge < -0.3 is 10.1 Å². The Morgan fingerprint density at radius 3 is 2.46 bits per heavy atom. The average molecular weight is 207 g/mol. The van der Waals surface area contributed by atoms with Gasteiger partial charge in [0.05, 0.1) is 12.7 Å². The lowest BCUT2D eigenvalue weighted by Crippen LogP contribution is -2.33. The topological polar surface area (TPSA) is 38.3 Å². The molecule has 3 nitrogen and oxygen atoms in total. The van der Waals surface area contributed by atoms with Gasteiger partial charge in [-0.15, -0.1) is 0 Å². The molecule has 80 valence electrons. The summed E-state index contributed by atoms with van der Waals surface area (Å²) in [4.78, 5) is 0. The molecular weight excluding hydrogens is 186 g/mol. The maximum atomic E-state index is 10.8. The van der Waals surface area contributed by atoms with Crippen molar-refractivity contribution >= 4 is 10.8 Å². The van der Waals surface area contributed by atoms with Crippen molar-refractivity contribution < 1.29 is 8.95 Å². The smallest absolute Gasteiger partial charge is 0.0594 e. The van der Waals surface area contributed by atoms with Crippen LogP contribution in [0.4, 0.5) is 0 Å². The first-order chi connectivity index (χ1) is 6.02. The van der Waals surface area contributed by atoms with E-state index in [9.17, 15) is 4.21 Å². The van der Waals surface area contributed by atoms with Crippen LogP contribution in [-0.4, -0.2) is 41.5 Å². The summed E-state index contributed by atoms with van der Waals surface area (Å²) in [6, 6.07) is 0.307. The molecule has 1 N–H and O–H groups in total. The number of hydrogen-bond donors (Lipinski definition) is 1. The Morgan fingerprint density at radius 1 is 1.38 bits per heavy atom. The van der Waals surface area contributed by atoms with Gasteiger partial charge in [0.2, 0.25) is 0 Å². The predicted molar refractivity (Wildman–Crippen MR) is 57.5 cm³/mol. The van der Waals surface area contributed by atoms with Crippen LogP contribution in [0.2, 0.25) is 0 Å². The van der Waals surface area contributed by atoms with Gasteiger partial charge in [0, 0.05) is 35.4 Å². The van der Waals surface area contributed by atoms with E-state index in [1.807, 2.05) is 20.8 Å². The van der Waals surface area contributed by atoms with Crippen molar-refractivity contribution in [3.05, 3.63) is 0 Å². The van der Waals surface area contributed by atoms with Crippen molar-refractivity contribution in [1.29, 1.82) is 0 Å². The molecular formula is C9H21NO2S. The molecule has 0 amide bonds. The third-order valence-corrected chi connectivity index (χ3v) is 2.50. The highest BCUT2D eigenvalue weighted by molar-refractivity contribution is 7.84. The number of hydrogen-bond acceptors (Lipinski definition) is 3. The summed E-state index contributed by atoms with van der Waals surface area (Å²) < 4.78 is 16.2. The molecule has 2 atom stereocenters. The summed E-state index contributed by atoms with van der Waals surface area (Å²) in [7, 11) is -0.713. The lowest BCUT2D eigenvalue weighted by atomic mass is 10.4.